The lowest BCUT2D eigenvalue weighted by atomic mass is 10.2. The van der Waals surface area contributed by atoms with Crippen LogP contribution < -0.4 is 5.06 Å². The van der Waals surface area contributed by atoms with Crippen molar-refractivity contribution in [1.82, 2.24) is 0 Å². The molecule has 0 saturated heterocycles. The van der Waals surface area contributed by atoms with Crippen LogP contribution in [0.2, 0.25) is 0 Å². The molecule has 0 aliphatic heterocycles. The fourth-order valence-corrected chi connectivity index (χ4v) is 1.17. The molecule has 0 fully saturated rings. The Kier molecular flexibility index (Phi) is 4.13. The molecule has 0 unspecified atom stereocenters. The molecule has 0 spiro atoms. The Morgan fingerprint density at radius 2 is 2.14 bits per heavy atom. The maximum Gasteiger partial charge on any atom is 0.152 e. The van der Waals surface area contributed by atoms with Gasteiger partial charge in [0.05, 0.1) is 12.3 Å². The Bertz CT molecular complexity index is 299. The van der Waals surface area contributed by atoms with Crippen LogP contribution in [0, 0.1) is 0 Å². The van der Waals surface area contributed by atoms with Crippen molar-refractivity contribution in [3.05, 3.63) is 29.8 Å². The van der Waals surface area contributed by atoms with Crippen LogP contribution in [-0.4, -0.2) is 19.9 Å². The highest BCUT2D eigenvalue weighted by molar-refractivity contribution is 5.83. The first-order chi connectivity index (χ1) is 6.79. The van der Waals surface area contributed by atoms with Gasteiger partial charge in [-0.3, -0.25) is 14.7 Å². The van der Waals surface area contributed by atoms with Gasteiger partial charge in [-0.15, -0.1) is 0 Å². The molecule has 0 heterocycles. The lowest BCUT2D eigenvalue weighted by Crippen LogP contribution is -2.19. The molecular weight excluding hydrogens is 178 g/mol. The third-order valence-electron chi connectivity index (χ3n) is 1.89. The van der Waals surface area contributed by atoms with E-state index in [9.17, 15) is 4.79 Å². The number of hydrogen-bond donors (Lipinski definition) is 0. The molecule has 0 aliphatic carbocycles. The van der Waals surface area contributed by atoms with Gasteiger partial charge in [-0.2, -0.15) is 0 Å². The zero-order chi connectivity index (χ0) is 10.4. The van der Waals surface area contributed by atoms with Gasteiger partial charge in [0.15, 0.2) is 6.29 Å². The molecule has 1 aromatic rings. The minimum Gasteiger partial charge on any atom is -0.298 e. The van der Waals surface area contributed by atoms with E-state index in [1.54, 1.807) is 18.2 Å². The topological polar surface area (TPSA) is 29.5 Å². The fourth-order valence-electron chi connectivity index (χ4n) is 1.17. The second kappa shape index (κ2) is 5.40. The molecule has 0 N–H and O–H groups in total. The van der Waals surface area contributed by atoms with Crippen LogP contribution in [0.1, 0.15) is 23.7 Å². The molecule has 76 valence electrons. The van der Waals surface area contributed by atoms with Crippen molar-refractivity contribution < 1.29 is 9.63 Å². The maximum atomic E-state index is 10.7. The summed E-state index contributed by atoms with van der Waals surface area (Å²) in [5, 5.41) is 1.63. The summed E-state index contributed by atoms with van der Waals surface area (Å²) in [6.07, 6.45) is 1.79. The predicted octanol–water partition coefficient (Wildman–Crippen LogP) is 2.28. The van der Waals surface area contributed by atoms with E-state index in [2.05, 4.69) is 0 Å². The van der Waals surface area contributed by atoms with Crippen molar-refractivity contribution >= 4 is 12.0 Å². The third kappa shape index (κ3) is 2.57. The lowest BCUT2D eigenvalue weighted by Gasteiger charge is -2.19. The summed E-state index contributed by atoms with van der Waals surface area (Å²) in [5.74, 6) is 0. The molecular formula is C11H15NO2. The Morgan fingerprint density at radius 3 is 2.79 bits per heavy atom. The number of hydrogen-bond acceptors (Lipinski definition) is 3. The minimum absolute atomic E-state index is 0.645. The molecule has 0 atom stereocenters. The standard InChI is InChI=1S/C11H15NO2/c1-3-8-14-12(2)11-7-5-4-6-10(11)9-13/h4-7,9H,3,8H2,1-2H3. The summed E-state index contributed by atoms with van der Waals surface area (Å²) >= 11 is 0. The van der Waals surface area contributed by atoms with Crippen molar-refractivity contribution in [1.29, 1.82) is 0 Å². The van der Waals surface area contributed by atoms with E-state index in [-0.39, 0.29) is 0 Å². The number of aldehydes is 1. The summed E-state index contributed by atoms with van der Waals surface area (Å²) in [5.41, 5.74) is 1.45. The number of carbonyl (C=O) groups is 1. The van der Waals surface area contributed by atoms with Gasteiger partial charge in [0.1, 0.15) is 0 Å². The largest absolute Gasteiger partial charge is 0.298 e. The summed E-state index contributed by atoms with van der Waals surface area (Å²) in [6, 6.07) is 7.35. The Morgan fingerprint density at radius 1 is 1.43 bits per heavy atom. The average molecular weight is 193 g/mol. The molecule has 0 saturated carbocycles. The van der Waals surface area contributed by atoms with Crippen LogP contribution in [0.3, 0.4) is 0 Å². The zero-order valence-electron chi connectivity index (χ0n) is 8.56. The second-order valence-corrected chi connectivity index (χ2v) is 3.01. The van der Waals surface area contributed by atoms with E-state index in [0.717, 1.165) is 18.4 Å². The lowest BCUT2D eigenvalue weighted by molar-refractivity contribution is 0.110. The molecule has 3 heteroatoms. The highest BCUT2D eigenvalue weighted by Gasteiger charge is 2.05. The first-order valence-electron chi connectivity index (χ1n) is 4.70. The van der Waals surface area contributed by atoms with Gasteiger partial charge >= 0.3 is 0 Å². The number of hydroxylamine groups is 1. The zero-order valence-corrected chi connectivity index (χ0v) is 8.56. The molecule has 0 aliphatic rings. The minimum atomic E-state index is 0.645. The summed E-state index contributed by atoms with van der Waals surface area (Å²) < 4.78 is 0. The van der Waals surface area contributed by atoms with Gasteiger partial charge < -0.3 is 0 Å². The van der Waals surface area contributed by atoms with Gasteiger partial charge in [-0.1, -0.05) is 19.1 Å². The van der Waals surface area contributed by atoms with Crippen LogP contribution in [0.15, 0.2) is 24.3 Å². The second-order valence-electron chi connectivity index (χ2n) is 3.01. The Labute approximate surface area is 84.2 Å². The van der Waals surface area contributed by atoms with E-state index in [1.165, 1.54) is 0 Å². The maximum absolute atomic E-state index is 10.7. The van der Waals surface area contributed by atoms with Crippen LogP contribution in [0.5, 0.6) is 0 Å². The number of carbonyl (C=O) groups excluding carboxylic acids is 1. The molecule has 3 nitrogen and oxygen atoms in total. The summed E-state index contributed by atoms with van der Waals surface area (Å²) in [7, 11) is 1.80. The van der Waals surface area contributed by atoms with Gasteiger partial charge in [-0.05, 0) is 18.6 Å². The van der Waals surface area contributed by atoms with Crippen LogP contribution >= 0.6 is 0 Å². The monoisotopic (exact) mass is 193 g/mol. The first-order valence-corrected chi connectivity index (χ1v) is 4.70. The Hall–Kier alpha value is -1.35. The highest BCUT2D eigenvalue weighted by atomic mass is 16.7. The third-order valence-corrected chi connectivity index (χ3v) is 1.89. The number of para-hydroxylation sites is 1. The molecule has 14 heavy (non-hydrogen) atoms. The van der Waals surface area contributed by atoms with Gasteiger partial charge in [-0.25, -0.2) is 0 Å². The summed E-state index contributed by atoms with van der Waals surface area (Å²) in [4.78, 5) is 16.1. The van der Waals surface area contributed by atoms with Crippen LogP contribution in [-0.2, 0) is 4.84 Å². The highest BCUT2D eigenvalue weighted by Crippen LogP contribution is 2.17. The van der Waals surface area contributed by atoms with E-state index in [4.69, 9.17) is 4.84 Å². The first kappa shape index (κ1) is 10.7. The molecule has 0 bridgehead atoms. The number of nitrogens with zero attached hydrogens (tertiary/aromatic N) is 1. The SMILES string of the molecule is CCCON(C)c1ccccc1C=O. The van der Waals surface area contributed by atoms with E-state index < -0.39 is 0 Å². The van der Waals surface area contributed by atoms with Crippen molar-refractivity contribution in [2.45, 2.75) is 13.3 Å². The van der Waals surface area contributed by atoms with Crippen molar-refractivity contribution in [2.75, 3.05) is 18.7 Å². The molecule has 1 aromatic carbocycles. The van der Waals surface area contributed by atoms with Gasteiger partial charge in [0.25, 0.3) is 0 Å². The molecule has 0 aromatic heterocycles. The smallest absolute Gasteiger partial charge is 0.152 e. The molecule has 1 rings (SSSR count). The fraction of sp³-hybridized carbons (Fsp3) is 0.364. The average Bonchev–Trinajstić information content (AvgIpc) is 2.25. The van der Waals surface area contributed by atoms with Crippen molar-refractivity contribution in [3.63, 3.8) is 0 Å². The molecule has 0 amide bonds. The summed E-state index contributed by atoms with van der Waals surface area (Å²) in [6.45, 7) is 2.70. The number of rotatable bonds is 5. The molecule has 0 radical (unpaired) electrons. The van der Waals surface area contributed by atoms with E-state index >= 15 is 0 Å². The normalized spacial score (nSPS) is 9.86. The predicted molar refractivity (Wildman–Crippen MR) is 56.5 cm³/mol. The van der Waals surface area contributed by atoms with Crippen LogP contribution in [0.25, 0.3) is 0 Å². The van der Waals surface area contributed by atoms with Crippen LogP contribution in [0.4, 0.5) is 5.69 Å². The Balaban J connectivity index is 2.77. The van der Waals surface area contributed by atoms with E-state index in [1.807, 2.05) is 25.1 Å². The van der Waals surface area contributed by atoms with E-state index in [0.29, 0.717) is 12.2 Å². The number of benzene rings is 1. The van der Waals surface area contributed by atoms with Gasteiger partial charge in [0.2, 0.25) is 0 Å². The quantitative estimate of drug-likeness (QED) is 0.530. The van der Waals surface area contributed by atoms with Crippen molar-refractivity contribution in [2.24, 2.45) is 0 Å². The number of anilines is 1. The van der Waals surface area contributed by atoms with Crippen molar-refractivity contribution in [3.8, 4) is 0 Å². The van der Waals surface area contributed by atoms with Gasteiger partial charge in [0, 0.05) is 12.6 Å².